The van der Waals surface area contributed by atoms with Gasteiger partial charge in [0, 0.05) is 9.75 Å². The lowest BCUT2D eigenvalue weighted by atomic mass is 10.1. The number of aromatic nitrogens is 4. The maximum atomic E-state index is 13.0. The summed E-state index contributed by atoms with van der Waals surface area (Å²) in [6, 6.07) is 15.9. The molecule has 0 N–H and O–H groups in total. The Morgan fingerprint density at radius 3 is 2.15 bits per heavy atom. The van der Waals surface area contributed by atoms with Crippen LogP contribution in [0.4, 0.5) is 0 Å². The normalized spacial score (nSPS) is 10.8. The van der Waals surface area contributed by atoms with Gasteiger partial charge in [0.25, 0.3) is 0 Å². The summed E-state index contributed by atoms with van der Waals surface area (Å²) in [5.41, 5.74) is 1.84. The van der Waals surface area contributed by atoms with Crippen molar-refractivity contribution >= 4 is 28.6 Å². The lowest BCUT2D eigenvalue weighted by Crippen LogP contribution is -2.30. The van der Waals surface area contributed by atoms with Gasteiger partial charge in [-0.2, -0.15) is 0 Å². The first-order chi connectivity index (χ1) is 13.3. The summed E-state index contributed by atoms with van der Waals surface area (Å²) in [4.78, 5) is 17.3. The Labute approximate surface area is 164 Å². The first kappa shape index (κ1) is 17.6. The van der Waals surface area contributed by atoms with Gasteiger partial charge in [-0.05, 0) is 51.0 Å². The van der Waals surface area contributed by atoms with E-state index in [1.54, 1.807) is 33.7 Å². The predicted octanol–water partition coefficient (Wildman–Crippen LogP) is 3.56. The monoisotopic (exact) mass is 395 g/mol. The fourth-order valence-corrected chi connectivity index (χ4v) is 4.18. The maximum absolute atomic E-state index is 13.0. The lowest BCUT2D eigenvalue weighted by molar-refractivity contribution is -0.131. The van der Waals surface area contributed by atoms with Crippen LogP contribution >= 0.6 is 22.7 Å². The Morgan fingerprint density at radius 2 is 1.63 bits per heavy atom. The van der Waals surface area contributed by atoms with Gasteiger partial charge in [-0.25, -0.2) is 4.68 Å². The standard InChI is InChI=1S/C19H17N5OS2/c25-19(11-15-5-7-16(8-6-15)24-14-20-21-22-24)23(12-17-3-1-9-26-17)13-18-4-2-10-27-18/h1-10,14H,11-13H2. The fraction of sp³-hybridized carbons (Fsp3) is 0.158. The molecule has 1 amide bonds. The number of rotatable bonds is 7. The van der Waals surface area contributed by atoms with Gasteiger partial charge in [-0.1, -0.05) is 24.3 Å². The molecule has 0 atom stereocenters. The molecular weight excluding hydrogens is 378 g/mol. The highest BCUT2D eigenvalue weighted by atomic mass is 32.1. The van der Waals surface area contributed by atoms with Crippen LogP contribution in [0.25, 0.3) is 5.69 Å². The minimum absolute atomic E-state index is 0.118. The molecule has 8 heteroatoms. The largest absolute Gasteiger partial charge is 0.332 e. The third kappa shape index (κ3) is 4.47. The Kier molecular flexibility index (Phi) is 5.36. The zero-order chi connectivity index (χ0) is 18.5. The number of nitrogens with zero attached hydrogens (tertiary/aromatic N) is 5. The SMILES string of the molecule is O=C(Cc1ccc(-n2cnnn2)cc1)N(Cc1cccs1)Cc1cccs1. The molecule has 6 nitrogen and oxygen atoms in total. The van der Waals surface area contributed by atoms with E-state index in [-0.39, 0.29) is 5.91 Å². The van der Waals surface area contributed by atoms with Crippen LogP contribution < -0.4 is 0 Å². The van der Waals surface area contributed by atoms with Gasteiger partial charge in [0.15, 0.2) is 0 Å². The quantitative estimate of drug-likeness (QED) is 0.480. The summed E-state index contributed by atoms with van der Waals surface area (Å²) < 4.78 is 1.59. The van der Waals surface area contributed by atoms with E-state index < -0.39 is 0 Å². The van der Waals surface area contributed by atoms with E-state index in [2.05, 4.69) is 27.7 Å². The van der Waals surface area contributed by atoms with Gasteiger partial charge in [0.2, 0.25) is 5.91 Å². The van der Waals surface area contributed by atoms with E-state index in [9.17, 15) is 4.79 Å². The highest BCUT2D eigenvalue weighted by Crippen LogP contribution is 2.19. The van der Waals surface area contributed by atoms with Crippen LogP contribution in [0.2, 0.25) is 0 Å². The van der Waals surface area contributed by atoms with Gasteiger partial charge in [0.05, 0.1) is 25.2 Å². The summed E-state index contributed by atoms with van der Waals surface area (Å²) in [6.07, 6.45) is 1.91. The van der Waals surface area contributed by atoms with Crippen molar-refractivity contribution in [1.29, 1.82) is 0 Å². The number of tetrazole rings is 1. The van der Waals surface area contributed by atoms with Crippen molar-refractivity contribution in [1.82, 2.24) is 25.1 Å². The van der Waals surface area contributed by atoms with Crippen molar-refractivity contribution in [2.75, 3.05) is 0 Å². The highest BCUT2D eigenvalue weighted by Gasteiger charge is 2.16. The summed E-state index contributed by atoms with van der Waals surface area (Å²) in [5.74, 6) is 0.118. The molecule has 0 spiro atoms. The van der Waals surface area contributed by atoms with Gasteiger partial charge in [0.1, 0.15) is 6.33 Å². The smallest absolute Gasteiger partial charge is 0.227 e. The van der Waals surface area contributed by atoms with Crippen LogP contribution in [0, 0.1) is 0 Å². The van der Waals surface area contributed by atoms with Crippen molar-refractivity contribution in [2.45, 2.75) is 19.5 Å². The van der Waals surface area contributed by atoms with Gasteiger partial charge in [-0.15, -0.1) is 27.8 Å². The molecule has 0 aliphatic heterocycles. The number of carbonyl (C=O) groups is 1. The van der Waals surface area contributed by atoms with E-state index in [0.717, 1.165) is 11.3 Å². The zero-order valence-corrected chi connectivity index (χ0v) is 16.1. The van der Waals surface area contributed by atoms with E-state index >= 15 is 0 Å². The van der Waals surface area contributed by atoms with E-state index in [1.165, 1.54) is 9.75 Å². The molecule has 3 aromatic heterocycles. The molecule has 4 aromatic rings. The molecule has 27 heavy (non-hydrogen) atoms. The Balaban J connectivity index is 1.47. The number of hydrogen-bond donors (Lipinski definition) is 0. The van der Waals surface area contributed by atoms with E-state index in [1.807, 2.05) is 52.1 Å². The molecule has 0 unspecified atom stereocenters. The predicted molar refractivity (Wildman–Crippen MR) is 106 cm³/mol. The number of hydrogen-bond acceptors (Lipinski definition) is 6. The molecule has 0 fully saturated rings. The molecule has 4 rings (SSSR count). The molecule has 136 valence electrons. The third-order valence-electron chi connectivity index (χ3n) is 4.11. The first-order valence-electron chi connectivity index (χ1n) is 8.43. The summed E-state index contributed by atoms with van der Waals surface area (Å²) in [5, 5.41) is 15.2. The van der Waals surface area contributed by atoms with Crippen LogP contribution in [-0.4, -0.2) is 31.0 Å². The summed E-state index contributed by atoms with van der Waals surface area (Å²) in [6.45, 7) is 1.27. The van der Waals surface area contributed by atoms with Crippen molar-refractivity contribution in [3.63, 3.8) is 0 Å². The van der Waals surface area contributed by atoms with E-state index in [0.29, 0.717) is 19.5 Å². The number of amides is 1. The third-order valence-corrected chi connectivity index (χ3v) is 5.83. The van der Waals surface area contributed by atoms with Crippen molar-refractivity contribution in [3.8, 4) is 5.69 Å². The number of thiophene rings is 2. The molecule has 0 saturated heterocycles. The molecule has 0 aliphatic carbocycles. The zero-order valence-electron chi connectivity index (χ0n) is 14.4. The average Bonchev–Trinajstić information content (AvgIpc) is 3.45. The minimum Gasteiger partial charge on any atom is -0.332 e. The van der Waals surface area contributed by atoms with Crippen LogP contribution in [0.3, 0.4) is 0 Å². The Hall–Kier alpha value is -2.84. The first-order valence-corrected chi connectivity index (χ1v) is 10.2. The topological polar surface area (TPSA) is 63.9 Å². The number of carbonyl (C=O) groups excluding carboxylic acids is 1. The van der Waals surface area contributed by atoms with Crippen LogP contribution in [0.1, 0.15) is 15.3 Å². The Bertz CT molecular complexity index is 928. The van der Waals surface area contributed by atoms with Gasteiger partial charge >= 0.3 is 0 Å². The van der Waals surface area contributed by atoms with Gasteiger partial charge < -0.3 is 4.90 Å². The second-order valence-corrected chi connectivity index (χ2v) is 8.07. The minimum atomic E-state index is 0.118. The maximum Gasteiger partial charge on any atom is 0.227 e. The number of benzene rings is 1. The van der Waals surface area contributed by atoms with Crippen LogP contribution in [0.15, 0.2) is 65.6 Å². The Morgan fingerprint density at radius 1 is 0.963 bits per heavy atom. The second-order valence-electron chi connectivity index (χ2n) is 6.01. The van der Waals surface area contributed by atoms with Crippen LogP contribution in [-0.2, 0) is 24.3 Å². The molecule has 3 heterocycles. The van der Waals surface area contributed by atoms with Crippen molar-refractivity contribution < 1.29 is 4.79 Å². The average molecular weight is 396 g/mol. The molecule has 0 saturated carbocycles. The molecule has 0 bridgehead atoms. The molecule has 0 aliphatic rings. The molecule has 1 aromatic carbocycles. The van der Waals surface area contributed by atoms with Crippen molar-refractivity contribution in [2.24, 2.45) is 0 Å². The van der Waals surface area contributed by atoms with E-state index in [4.69, 9.17) is 0 Å². The molecule has 0 radical (unpaired) electrons. The second kappa shape index (κ2) is 8.24. The molecular formula is C19H17N5OS2. The van der Waals surface area contributed by atoms with Gasteiger partial charge in [-0.3, -0.25) is 4.79 Å². The van der Waals surface area contributed by atoms with Crippen molar-refractivity contribution in [3.05, 3.63) is 80.9 Å². The van der Waals surface area contributed by atoms with Crippen LogP contribution in [0.5, 0.6) is 0 Å². The highest BCUT2D eigenvalue weighted by molar-refractivity contribution is 7.10. The fourth-order valence-electron chi connectivity index (χ4n) is 2.75. The summed E-state index contributed by atoms with van der Waals surface area (Å²) >= 11 is 3.35. The lowest BCUT2D eigenvalue weighted by Gasteiger charge is -2.22. The summed E-state index contributed by atoms with van der Waals surface area (Å²) in [7, 11) is 0.